The zero-order valence-corrected chi connectivity index (χ0v) is 24.3. The predicted molar refractivity (Wildman–Crippen MR) is 162 cm³/mol. The lowest BCUT2D eigenvalue weighted by Crippen LogP contribution is -2.39. The molecule has 0 fully saturated rings. The maximum Gasteiger partial charge on any atom is 0.376 e. The first kappa shape index (κ1) is 28.1. The maximum absolute atomic E-state index is 13.2. The zero-order chi connectivity index (χ0) is 28.2. The Bertz CT molecular complexity index is 1520. The molecule has 4 aromatic carbocycles. The third-order valence-electron chi connectivity index (χ3n) is 6.16. The van der Waals surface area contributed by atoms with E-state index in [1.165, 1.54) is 0 Å². The summed E-state index contributed by atoms with van der Waals surface area (Å²) in [6.07, 6.45) is -0.575. The topological polar surface area (TPSA) is 54.4 Å². The maximum atomic E-state index is 13.2. The minimum absolute atomic E-state index is 0.123. The van der Waals surface area contributed by atoms with Crippen LogP contribution in [0.5, 0.6) is 5.75 Å². The van der Waals surface area contributed by atoms with Gasteiger partial charge in [0, 0.05) is 36.9 Å². The van der Waals surface area contributed by atoms with E-state index in [4.69, 9.17) is 61.0 Å². The molecule has 4 aromatic rings. The Morgan fingerprint density at radius 3 is 2.05 bits per heavy atom. The van der Waals surface area contributed by atoms with Crippen LogP contribution in [0.2, 0.25) is 20.1 Å². The van der Waals surface area contributed by atoms with Gasteiger partial charge in [0.05, 0.1) is 12.3 Å². The van der Waals surface area contributed by atoms with Crippen LogP contribution in [0.3, 0.4) is 0 Å². The smallest absolute Gasteiger partial charge is 0.376 e. The minimum Gasteiger partial charge on any atom is -0.489 e. The van der Waals surface area contributed by atoms with Gasteiger partial charge in [-0.05, 0) is 79.7 Å². The second-order valence-corrected chi connectivity index (χ2v) is 10.4. The molecule has 40 heavy (non-hydrogen) atoms. The van der Waals surface area contributed by atoms with Gasteiger partial charge in [0.15, 0.2) is 6.17 Å². The van der Waals surface area contributed by atoms with Crippen molar-refractivity contribution < 1.29 is 14.3 Å². The van der Waals surface area contributed by atoms with Gasteiger partial charge in [-0.25, -0.2) is 9.80 Å². The number of amidine groups is 1. The average molecular weight is 615 g/mol. The number of hydrogen-bond acceptors (Lipinski definition) is 6. The largest absolute Gasteiger partial charge is 0.489 e. The van der Waals surface area contributed by atoms with E-state index < -0.39 is 12.1 Å². The molecule has 0 amide bonds. The van der Waals surface area contributed by atoms with Crippen molar-refractivity contribution in [2.45, 2.75) is 19.7 Å². The number of benzene rings is 4. The third kappa shape index (κ3) is 6.01. The fourth-order valence-corrected chi connectivity index (χ4v) is 5.06. The highest BCUT2D eigenvalue weighted by Crippen LogP contribution is 2.40. The number of carbonyl (C=O) groups is 1. The number of nitrogens with zero attached hydrogens (tertiary/aromatic N) is 3. The molecule has 10 heteroatoms. The normalized spacial score (nSPS) is 14.7. The summed E-state index contributed by atoms with van der Waals surface area (Å²) < 4.78 is 11.5. The van der Waals surface area contributed by atoms with Crippen LogP contribution in [0.25, 0.3) is 0 Å². The number of halogens is 4. The van der Waals surface area contributed by atoms with Gasteiger partial charge >= 0.3 is 5.97 Å². The van der Waals surface area contributed by atoms with Gasteiger partial charge in [-0.15, -0.1) is 5.10 Å². The summed E-state index contributed by atoms with van der Waals surface area (Å²) in [4.78, 5) is 15.0. The molecular formula is C30H23Cl4N3O3. The standard InChI is InChI=1S/C30H23Cl4N3O3/c1-2-39-30(38)28-35-37(23-15-11-21(32)12-16-23)29(36(28)22-13-9-20(31)10-14-22)19-5-3-6-24(17-19)40-18-25-26(33)7-4-8-27(25)34/h3-17,29H,2,18H2,1H3/t29-/m1/s1. The van der Waals surface area contributed by atoms with Gasteiger partial charge in [-0.1, -0.05) is 64.6 Å². The van der Waals surface area contributed by atoms with E-state index in [0.29, 0.717) is 37.1 Å². The summed E-state index contributed by atoms with van der Waals surface area (Å²) >= 11 is 25.0. The molecule has 0 unspecified atom stereocenters. The molecule has 204 valence electrons. The van der Waals surface area contributed by atoms with Crippen LogP contribution >= 0.6 is 46.4 Å². The number of anilines is 2. The van der Waals surface area contributed by atoms with E-state index in [-0.39, 0.29) is 19.0 Å². The van der Waals surface area contributed by atoms with E-state index in [1.807, 2.05) is 53.4 Å². The van der Waals surface area contributed by atoms with Crippen molar-refractivity contribution in [2.75, 3.05) is 16.5 Å². The molecule has 0 saturated carbocycles. The van der Waals surface area contributed by atoms with Crippen LogP contribution in [0.15, 0.2) is 96.1 Å². The second kappa shape index (κ2) is 12.4. The highest BCUT2D eigenvalue weighted by atomic mass is 35.5. The highest BCUT2D eigenvalue weighted by Gasteiger charge is 2.41. The molecular weight excluding hydrogens is 592 g/mol. The number of esters is 1. The first-order valence-electron chi connectivity index (χ1n) is 12.4. The third-order valence-corrected chi connectivity index (χ3v) is 7.37. The summed E-state index contributed by atoms with van der Waals surface area (Å²) in [5.41, 5.74) is 2.92. The highest BCUT2D eigenvalue weighted by molar-refractivity contribution is 6.42. The number of hydrazone groups is 1. The molecule has 0 bridgehead atoms. The van der Waals surface area contributed by atoms with Crippen LogP contribution in [-0.4, -0.2) is 18.4 Å². The molecule has 0 N–H and O–H groups in total. The molecule has 0 saturated heterocycles. The lowest BCUT2D eigenvalue weighted by Gasteiger charge is -2.32. The van der Waals surface area contributed by atoms with Gasteiger partial charge in [-0.3, -0.25) is 4.90 Å². The fourth-order valence-electron chi connectivity index (χ4n) is 4.30. The van der Waals surface area contributed by atoms with Crippen molar-refractivity contribution in [3.8, 4) is 5.75 Å². The number of hydrogen-bond donors (Lipinski definition) is 0. The summed E-state index contributed by atoms with van der Waals surface area (Å²) in [5, 5.41) is 8.69. The first-order valence-corrected chi connectivity index (χ1v) is 13.9. The molecule has 1 aliphatic heterocycles. The Balaban J connectivity index is 1.58. The summed E-state index contributed by atoms with van der Waals surface area (Å²) in [6.45, 7) is 2.13. The second-order valence-electron chi connectivity index (χ2n) is 8.75. The molecule has 0 spiro atoms. The summed E-state index contributed by atoms with van der Waals surface area (Å²) in [6, 6.07) is 27.3. The molecule has 1 atom stereocenters. The SMILES string of the molecule is CCOC(=O)C1=NN(c2ccc(Cl)cc2)[C@H](c2cccc(OCc3c(Cl)cccc3Cl)c2)N1c1ccc(Cl)cc1. The van der Waals surface area contributed by atoms with Gasteiger partial charge in [0.25, 0.3) is 0 Å². The van der Waals surface area contributed by atoms with E-state index in [1.54, 1.807) is 54.4 Å². The van der Waals surface area contributed by atoms with Crippen molar-refractivity contribution in [3.63, 3.8) is 0 Å². The first-order chi connectivity index (χ1) is 19.4. The van der Waals surface area contributed by atoms with Gasteiger partial charge in [-0.2, -0.15) is 0 Å². The average Bonchev–Trinajstić information content (AvgIpc) is 3.35. The molecule has 0 aliphatic carbocycles. The predicted octanol–water partition coefficient (Wildman–Crippen LogP) is 8.78. The van der Waals surface area contributed by atoms with E-state index in [0.717, 1.165) is 11.3 Å². The molecule has 6 nitrogen and oxygen atoms in total. The van der Waals surface area contributed by atoms with Crippen LogP contribution in [0.1, 0.15) is 24.2 Å². The number of rotatable bonds is 8. The Morgan fingerprint density at radius 2 is 1.43 bits per heavy atom. The van der Waals surface area contributed by atoms with E-state index >= 15 is 0 Å². The van der Waals surface area contributed by atoms with Crippen LogP contribution in [-0.2, 0) is 16.1 Å². The quantitative estimate of drug-likeness (QED) is 0.186. The molecule has 1 heterocycles. The fraction of sp³-hybridized carbons (Fsp3) is 0.133. The van der Waals surface area contributed by atoms with Crippen LogP contribution in [0.4, 0.5) is 11.4 Å². The van der Waals surface area contributed by atoms with Crippen LogP contribution < -0.4 is 14.6 Å². The van der Waals surface area contributed by atoms with Crippen molar-refractivity contribution in [1.29, 1.82) is 0 Å². The van der Waals surface area contributed by atoms with Crippen LogP contribution in [0, 0.1) is 0 Å². The number of carbonyl (C=O) groups excluding carboxylic acids is 1. The van der Waals surface area contributed by atoms with Crippen molar-refractivity contribution in [2.24, 2.45) is 5.10 Å². The number of ether oxygens (including phenoxy) is 2. The molecule has 5 rings (SSSR count). The van der Waals surface area contributed by atoms with E-state index in [2.05, 4.69) is 0 Å². The molecule has 0 aromatic heterocycles. The van der Waals surface area contributed by atoms with Crippen molar-refractivity contribution in [3.05, 3.63) is 122 Å². The minimum atomic E-state index is -0.575. The van der Waals surface area contributed by atoms with E-state index in [9.17, 15) is 4.79 Å². The Kier molecular flexibility index (Phi) is 8.72. The van der Waals surface area contributed by atoms with Crippen molar-refractivity contribution in [1.82, 2.24) is 0 Å². The molecule has 1 aliphatic rings. The van der Waals surface area contributed by atoms with Crippen molar-refractivity contribution >= 4 is 69.6 Å². The lowest BCUT2D eigenvalue weighted by atomic mass is 10.1. The lowest BCUT2D eigenvalue weighted by molar-refractivity contribution is -0.135. The summed E-state index contributed by atoms with van der Waals surface area (Å²) in [5.74, 6) is 0.156. The van der Waals surface area contributed by atoms with Gasteiger partial charge in [0.1, 0.15) is 12.4 Å². The van der Waals surface area contributed by atoms with Gasteiger partial charge in [0.2, 0.25) is 5.84 Å². The summed E-state index contributed by atoms with van der Waals surface area (Å²) in [7, 11) is 0. The zero-order valence-electron chi connectivity index (χ0n) is 21.2. The Morgan fingerprint density at radius 1 is 0.825 bits per heavy atom. The molecule has 0 radical (unpaired) electrons. The Hall–Kier alpha value is -3.42. The van der Waals surface area contributed by atoms with Gasteiger partial charge < -0.3 is 9.47 Å². The monoisotopic (exact) mass is 613 g/mol. The Labute approximate surface area is 252 Å².